The van der Waals surface area contributed by atoms with Gasteiger partial charge in [-0.3, -0.25) is 4.90 Å². The number of piperazine rings is 2. The van der Waals surface area contributed by atoms with Crippen LogP contribution in [0.15, 0.2) is 55.3 Å². The van der Waals surface area contributed by atoms with E-state index in [-0.39, 0.29) is 5.82 Å². The number of hydrogen-bond acceptors (Lipinski definition) is 8. The van der Waals surface area contributed by atoms with Gasteiger partial charge in [-0.05, 0) is 36.4 Å². The van der Waals surface area contributed by atoms with Crippen LogP contribution in [-0.2, 0) is 6.18 Å². The Kier molecular flexibility index (Phi) is 7.66. The van der Waals surface area contributed by atoms with E-state index in [1.165, 1.54) is 12.3 Å². The third kappa shape index (κ3) is 5.83. The summed E-state index contributed by atoms with van der Waals surface area (Å²) < 4.78 is 40.6. The minimum atomic E-state index is -4.47. The van der Waals surface area contributed by atoms with Gasteiger partial charge in [0.15, 0.2) is 5.82 Å². The van der Waals surface area contributed by atoms with Crippen LogP contribution in [-0.4, -0.2) is 83.7 Å². The molecule has 0 aliphatic carbocycles. The average molecular weight is 545 g/mol. The van der Waals surface area contributed by atoms with E-state index in [0.29, 0.717) is 48.9 Å². The Morgan fingerprint density at radius 2 is 1.39 bits per heavy atom. The van der Waals surface area contributed by atoms with Crippen molar-refractivity contribution in [2.24, 2.45) is 0 Å². The Labute approximate surface area is 224 Å². The van der Waals surface area contributed by atoms with Crippen LogP contribution in [0.3, 0.4) is 0 Å². The molecular formula is C26H28ClF3N8. The van der Waals surface area contributed by atoms with E-state index in [4.69, 9.17) is 26.6 Å². The number of benzene rings is 1. The van der Waals surface area contributed by atoms with Gasteiger partial charge in [-0.15, -0.1) is 6.58 Å². The van der Waals surface area contributed by atoms with Gasteiger partial charge in [0.2, 0.25) is 11.9 Å². The van der Waals surface area contributed by atoms with Crippen molar-refractivity contribution >= 4 is 29.3 Å². The van der Waals surface area contributed by atoms with Crippen molar-refractivity contribution in [2.75, 3.05) is 73.6 Å². The first-order valence-corrected chi connectivity index (χ1v) is 12.8. The van der Waals surface area contributed by atoms with Crippen LogP contribution < -0.4 is 14.7 Å². The van der Waals surface area contributed by atoms with E-state index in [1.807, 2.05) is 23.1 Å². The van der Waals surface area contributed by atoms with Crippen molar-refractivity contribution in [2.45, 2.75) is 6.18 Å². The molecule has 8 nitrogen and oxygen atoms in total. The second-order valence-electron chi connectivity index (χ2n) is 9.19. The second kappa shape index (κ2) is 11.1. The lowest BCUT2D eigenvalue weighted by atomic mass is 10.2. The molecule has 0 bridgehead atoms. The fraction of sp³-hybridized carbons (Fsp3) is 0.385. The highest BCUT2D eigenvalue weighted by Crippen LogP contribution is 2.35. The summed E-state index contributed by atoms with van der Waals surface area (Å²) in [6.45, 7) is 9.55. The summed E-state index contributed by atoms with van der Waals surface area (Å²) in [6, 6.07) is 9.69. The Hall–Kier alpha value is -3.44. The molecule has 5 rings (SSSR count). The summed E-state index contributed by atoms with van der Waals surface area (Å²) in [5, 5.41) is 0.616. The molecule has 4 heterocycles. The molecule has 0 unspecified atom stereocenters. The molecule has 2 aliphatic heterocycles. The van der Waals surface area contributed by atoms with Crippen LogP contribution in [0, 0.1) is 0 Å². The molecule has 2 fully saturated rings. The molecule has 12 heteroatoms. The number of anilines is 3. The van der Waals surface area contributed by atoms with Gasteiger partial charge < -0.3 is 14.7 Å². The molecule has 1 aromatic carbocycles. The Morgan fingerprint density at radius 3 is 1.97 bits per heavy atom. The van der Waals surface area contributed by atoms with E-state index in [2.05, 4.69) is 21.4 Å². The summed E-state index contributed by atoms with van der Waals surface area (Å²) in [5.41, 5.74) is 0.0862. The highest BCUT2D eigenvalue weighted by molar-refractivity contribution is 6.30. The zero-order chi connectivity index (χ0) is 26.7. The topological polar surface area (TPSA) is 64.5 Å². The second-order valence-corrected chi connectivity index (χ2v) is 9.63. The van der Waals surface area contributed by atoms with E-state index >= 15 is 0 Å². The summed E-state index contributed by atoms with van der Waals surface area (Å²) in [6.07, 6.45) is -1.17. The van der Waals surface area contributed by atoms with Gasteiger partial charge in [0.25, 0.3) is 0 Å². The lowest BCUT2D eigenvalue weighted by molar-refractivity contribution is -0.137. The normalized spacial score (nSPS) is 17.1. The van der Waals surface area contributed by atoms with Crippen molar-refractivity contribution in [3.8, 4) is 11.4 Å². The summed E-state index contributed by atoms with van der Waals surface area (Å²) in [7, 11) is 0. The first-order valence-electron chi connectivity index (χ1n) is 12.4. The molecule has 38 heavy (non-hydrogen) atoms. The quantitative estimate of drug-likeness (QED) is 0.427. The summed E-state index contributed by atoms with van der Waals surface area (Å²) >= 11 is 6.09. The number of rotatable bonds is 6. The van der Waals surface area contributed by atoms with Gasteiger partial charge in [0.1, 0.15) is 5.82 Å². The third-order valence-electron chi connectivity index (χ3n) is 6.71. The molecule has 0 radical (unpaired) electrons. The minimum absolute atomic E-state index is 0.0461. The highest BCUT2D eigenvalue weighted by atomic mass is 35.5. The summed E-state index contributed by atoms with van der Waals surface area (Å²) in [5.74, 6) is 1.58. The molecule has 2 saturated heterocycles. The van der Waals surface area contributed by atoms with E-state index in [0.717, 1.165) is 44.4 Å². The van der Waals surface area contributed by atoms with Crippen LogP contribution >= 0.6 is 11.6 Å². The standard InChI is InChI=1S/C26H28ClF3N8/c1-2-10-35-11-13-37(14-12-35)24-32-22(19-5-7-20(27)8-6-19)33-25(34-24)38-17-15-36(16-18-38)23-21(26(28,29)30)4-3-9-31-23/h2-9H,1,10-18H2. The van der Waals surface area contributed by atoms with Crippen LogP contribution in [0.1, 0.15) is 5.56 Å². The third-order valence-corrected chi connectivity index (χ3v) is 6.96. The first-order chi connectivity index (χ1) is 18.3. The fourth-order valence-electron chi connectivity index (χ4n) is 4.67. The number of halogens is 4. The van der Waals surface area contributed by atoms with Crippen molar-refractivity contribution in [1.82, 2.24) is 24.8 Å². The van der Waals surface area contributed by atoms with Crippen LogP contribution in [0.25, 0.3) is 11.4 Å². The van der Waals surface area contributed by atoms with Crippen molar-refractivity contribution in [3.05, 3.63) is 65.8 Å². The van der Waals surface area contributed by atoms with E-state index in [9.17, 15) is 13.2 Å². The molecule has 0 N–H and O–H groups in total. The zero-order valence-electron chi connectivity index (χ0n) is 20.8. The number of pyridine rings is 1. The molecule has 0 spiro atoms. The molecule has 3 aromatic rings. The predicted octanol–water partition coefficient (Wildman–Crippen LogP) is 4.24. The van der Waals surface area contributed by atoms with Gasteiger partial charge in [-0.1, -0.05) is 17.7 Å². The maximum Gasteiger partial charge on any atom is 0.419 e. The van der Waals surface area contributed by atoms with Gasteiger partial charge in [0, 0.05) is 75.7 Å². The monoisotopic (exact) mass is 544 g/mol. The number of alkyl halides is 3. The molecule has 200 valence electrons. The van der Waals surface area contributed by atoms with Gasteiger partial charge in [-0.25, -0.2) is 4.98 Å². The maximum atomic E-state index is 13.5. The summed E-state index contributed by atoms with van der Waals surface area (Å²) in [4.78, 5) is 26.5. The number of nitrogens with zero attached hydrogens (tertiary/aromatic N) is 8. The Balaban J connectivity index is 1.39. The highest BCUT2D eigenvalue weighted by Gasteiger charge is 2.36. The lowest BCUT2D eigenvalue weighted by Crippen LogP contribution is -2.49. The van der Waals surface area contributed by atoms with E-state index < -0.39 is 11.7 Å². The average Bonchev–Trinajstić information content (AvgIpc) is 2.93. The van der Waals surface area contributed by atoms with Gasteiger partial charge in [-0.2, -0.15) is 28.1 Å². The largest absolute Gasteiger partial charge is 0.419 e. The first kappa shape index (κ1) is 26.2. The van der Waals surface area contributed by atoms with Crippen molar-refractivity contribution in [3.63, 3.8) is 0 Å². The van der Waals surface area contributed by atoms with Crippen molar-refractivity contribution in [1.29, 1.82) is 0 Å². The predicted molar refractivity (Wildman–Crippen MR) is 143 cm³/mol. The lowest BCUT2D eigenvalue weighted by Gasteiger charge is -2.37. The van der Waals surface area contributed by atoms with Gasteiger partial charge >= 0.3 is 6.18 Å². The SMILES string of the molecule is C=CCN1CCN(c2nc(-c3ccc(Cl)cc3)nc(N3CCN(c4ncccc4C(F)(F)F)CC3)n2)CC1. The maximum absolute atomic E-state index is 13.5. The smallest absolute Gasteiger partial charge is 0.353 e. The number of aromatic nitrogens is 4. The Bertz CT molecular complexity index is 1250. The molecular weight excluding hydrogens is 517 g/mol. The Morgan fingerprint density at radius 1 is 0.816 bits per heavy atom. The van der Waals surface area contributed by atoms with Crippen molar-refractivity contribution < 1.29 is 13.2 Å². The number of hydrogen-bond donors (Lipinski definition) is 0. The molecule has 2 aliphatic rings. The molecule has 2 aromatic heterocycles. The zero-order valence-corrected chi connectivity index (χ0v) is 21.5. The fourth-order valence-corrected chi connectivity index (χ4v) is 4.79. The van der Waals surface area contributed by atoms with E-state index in [1.54, 1.807) is 17.0 Å². The molecule has 0 atom stereocenters. The van der Waals surface area contributed by atoms with Crippen LogP contribution in [0.2, 0.25) is 5.02 Å². The minimum Gasteiger partial charge on any atom is -0.353 e. The van der Waals surface area contributed by atoms with Crippen LogP contribution in [0.4, 0.5) is 30.9 Å². The molecule has 0 amide bonds. The molecule has 0 saturated carbocycles. The van der Waals surface area contributed by atoms with Crippen LogP contribution in [0.5, 0.6) is 0 Å². The van der Waals surface area contributed by atoms with Gasteiger partial charge in [0.05, 0.1) is 5.56 Å².